The maximum atomic E-state index is 9.73. The lowest BCUT2D eigenvalue weighted by Gasteiger charge is -2.35. The second kappa shape index (κ2) is 32.6. The summed E-state index contributed by atoms with van der Waals surface area (Å²) in [6.45, 7) is 8.37. The number of ether oxygens (including phenoxy) is 2. The number of aliphatic hydroxyl groups is 1. The summed E-state index contributed by atoms with van der Waals surface area (Å²) in [5.74, 6) is 1.83. The van der Waals surface area contributed by atoms with E-state index < -0.39 is 0 Å². The van der Waals surface area contributed by atoms with Crippen LogP contribution in [0.2, 0.25) is 0 Å². The normalized spacial score (nSPS) is 14.2. The number of hydrogen-bond donors (Lipinski definition) is 1. The molecule has 1 aliphatic heterocycles. The van der Waals surface area contributed by atoms with Gasteiger partial charge in [-0.3, -0.25) is 4.90 Å². The average molecular weight is 692 g/mol. The van der Waals surface area contributed by atoms with Crippen LogP contribution in [-0.4, -0.2) is 42.4 Å². The Morgan fingerprint density at radius 3 is 1.30 bits per heavy atom. The number of aliphatic hydroxyl groups excluding tert-OH is 1. The van der Waals surface area contributed by atoms with Crippen molar-refractivity contribution < 1.29 is 14.6 Å². The Morgan fingerprint density at radius 1 is 0.520 bits per heavy atom. The van der Waals surface area contributed by atoms with Crippen LogP contribution in [0.15, 0.2) is 66.8 Å². The number of unbranched alkanes of at least 4 members (excludes halogenated alkanes) is 18. The van der Waals surface area contributed by atoms with Crippen molar-refractivity contribution in [3.8, 4) is 11.5 Å². The first kappa shape index (κ1) is 43.9. The molecule has 1 aromatic rings. The molecule has 1 heterocycles. The highest BCUT2D eigenvalue weighted by atomic mass is 16.5. The molecule has 0 aromatic heterocycles. The van der Waals surface area contributed by atoms with Gasteiger partial charge in [0.1, 0.15) is 11.5 Å². The third-order valence-electron chi connectivity index (χ3n) is 9.51. The van der Waals surface area contributed by atoms with Crippen LogP contribution < -0.4 is 9.47 Å². The minimum absolute atomic E-state index is 0.183. The van der Waals surface area contributed by atoms with Gasteiger partial charge in [0.05, 0.1) is 19.3 Å². The maximum Gasteiger partial charge on any atom is 0.123 e. The van der Waals surface area contributed by atoms with E-state index in [-0.39, 0.29) is 6.10 Å². The molecular formula is C46H77NO3. The van der Waals surface area contributed by atoms with Crippen LogP contribution in [0.1, 0.15) is 174 Å². The lowest BCUT2D eigenvalue weighted by atomic mass is 10.1. The maximum absolute atomic E-state index is 9.73. The van der Waals surface area contributed by atoms with Gasteiger partial charge in [-0.05, 0) is 94.7 Å². The molecule has 4 nitrogen and oxygen atoms in total. The number of allylic oxidation sites excluding steroid dienone is 8. The summed E-state index contributed by atoms with van der Waals surface area (Å²) in [4.78, 5) is 2.28. The number of nitrogens with zero attached hydrogens (tertiary/aromatic N) is 1. The van der Waals surface area contributed by atoms with Crippen LogP contribution in [0.3, 0.4) is 0 Å². The molecule has 0 amide bonds. The highest BCUT2D eigenvalue weighted by Crippen LogP contribution is 2.26. The van der Waals surface area contributed by atoms with Crippen LogP contribution in [0.25, 0.3) is 0 Å². The largest absolute Gasteiger partial charge is 0.493 e. The summed E-state index contributed by atoms with van der Waals surface area (Å²) in [5.41, 5.74) is 1.21. The summed E-state index contributed by atoms with van der Waals surface area (Å²) in [6.07, 6.45) is 48.6. The average Bonchev–Trinajstić information content (AvgIpc) is 3.10. The molecule has 0 spiro atoms. The summed E-state index contributed by atoms with van der Waals surface area (Å²) >= 11 is 0. The van der Waals surface area contributed by atoms with Gasteiger partial charge in [-0.15, -0.1) is 0 Å². The van der Waals surface area contributed by atoms with Crippen LogP contribution in [0.5, 0.6) is 11.5 Å². The summed E-state index contributed by atoms with van der Waals surface area (Å²) in [7, 11) is 0. The monoisotopic (exact) mass is 692 g/mol. The lowest BCUT2D eigenvalue weighted by Crippen LogP contribution is -2.49. The molecule has 50 heavy (non-hydrogen) atoms. The fourth-order valence-corrected chi connectivity index (χ4v) is 6.38. The van der Waals surface area contributed by atoms with Gasteiger partial charge >= 0.3 is 0 Å². The van der Waals surface area contributed by atoms with E-state index in [2.05, 4.69) is 85.6 Å². The molecule has 1 fully saturated rings. The van der Waals surface area contributed by atoms with E-state index in [1.165, 1.54) is 134 Å². The highest BCUT2D eigenvalue weighted by molar-refractivity contribution is 5.38. The minimum Gasteiger partial charge on any atom is -0.493 e. The molecule has 0 atom stereocenters. The van der Waals surface area contributed by atoms with Crippen molar-refractivity contribution in [2.45, 2.75) is 181 Å². The van der Waals surface area contributed by atoms with Crippen LogP contribution in [0, 0.1) is 0 Å². The number of rotatable bonds is 34. The van der Waals surface area contributed by atoms with Crippen LogP contribution >= 0.6 is 0 Å². The van der Waals surface area contributed by atoms with Gasteiger partial charge in [-0.1, -0.05) is 140 Å². The fourth-order valence-electron chi connectivity index (χ4n) is 6.38. The van der Waals surface area contributed by atoms with Gasteiger partial charge < -0.3 is 14.6 Å². The van der Waals surface area contributed by atoms with Crippen molar-refractivity contribution in [1.82, 2.24) is 4.90 Å². The quantitative estimate of drug-likeness (QED) is 0.0577. The zero-order valence-electron chi connectivity index (χ0n) is 32.6. The summed E-state index contributed by atoms with van der Waals surface area (Å²) < 4.78 is 12.5. The van der Waals surface area contributed by atoms with Gasteiger partial charge in [-0.2, -0.15) is 0 Å². The number of β-amino-alcohol motifs (C(OH)–C–C–N with tert-alkyl or cyclic N) is 1. The highest BCUT2D eigenvalue weighted by Gasteiger charge is 2.24. The molecular weight excluding hydrogens is 615 g/mol. The first-order chi connectivity index (χ1) is 24.7. The second-order valence-electron chi connectivity index (χ2n) is 14.5. The van der Waals surface area contributed by atoms with E-state index in [1.54, 1.807) is 0 Å². The predicted octanol–water partition coefficient (Wildman–Crippen LogP) is 13.2. The van der Waals surface area contributed by atoms with E-state index in [0.29, 0.717) is 0 Å². The Bertz CT molecular complexity index is 954. The first-order valence-electron chi connectivity index (χ1n) is 21.1. The predicted molar refractivity (Wildman–Crippen MR) is 217 cm³/mol. The van der Waals surface area contributed by atoms with Gasteiger partial charge in [-0.25, -0.2) is 0 Å². The van der Waals surface area contributed by atoms with Crippen molar-refractivity contribution >= 4 is 0 Å². The standard InChI is InChI=1S/C46H77NO3/c1-3-5-7-9-11-13-15-17-19-21-23-25-27-29-31-33-35-49-45-37-43(40-47-41-44(48)42-47)38-46(39-45)50-36-34-32-30-28-26-24-22-20-18-16-14-12-10-8-6-4-2/h11-14,17-20,37-39,44,48H,3-10,15-16,21-36,40-42H2,1-2H3/b13-11-,14-12-,19-17-,20-18-. The number of hydrogen-bond acceptors (Lipinski definition) is 4. The van der Waals surface area contributed by atoms with Crippen LogP contribution in [0.4, 0.5) is 0 Å². The molecule has 0 radical (unpaired) electrons. The van der Waals surface area contributed by atoms with E-state index in [9.17, 15) is 5.11 Å². The van der Waals surface area contributed by atoms with Gasteiger partial charge in [0.25, 0.3) is 0 Å². The number of likely N-dealkylation sites (tertiary alicyclic amines) is 1. The van der Waals surface area contributed by atoms with E-state index in [0.717, 1.165) is 70.0 Å². The Balaban J connectivity index is 1.53. The molecule has 284 valence electrons. The molecule has 1 saturated heterocycles. The zero-order valence-corrected chi connectivity index (χ0v) is 32.6. The smallest absolute Gasteiger partial charge is 0.123 e. The molecule has 0 aliphatic carbocycles. The lowest BCUT2D eigenvalue weighted by molar-refractivity contribution is -0.00292. The molecule has 1 aromatic carbocycles. The van der Waals surface area contributed by atoms with E-state index in [4.69, 9.17) is 9.47 Å². The van der Waals surface area contributed by atoms with Gasteiger partial charge in [0.2, 0.25) is 0 Å². The fraction of sp³-hybridized carbons (Fsp3) is 0.696. The molecule has 1 aliphatic rings. The zero-order chi connectivity index (χ0) is 35.6. The van der Waals surface area contributed by atoms with Crippen molar-refractivity contribution in [3.63, 3.8) is 0 Å². The Morgan fingerprint density at radius 2 is 0.900 bits per heavy atom. The van der Waals surface area contributed by atoms with E-state index in [1.807, 2.05) is 0 Å². The van der Waals surface area contributed by atoms with Crippen molar-refractivity contribution in [1.29, 1.82) is 0 Å². The first-order valence-corrected chi connectivity index (χ1v) is 21.1. The van der Waals surface area contributed by atoms with Gasteiger partial charge in [0, 0.05) is 25.7 Å². The number of benzene rings is 1. The molecule has 1 N–H and O–H groups in total. The van der Waals surface area contributed by atoms with Crippen molar-refractivity contribution in [3.05, 3.63) is 72.4 Å². The summed E-state index contributed by atoms with van der Waals surface area (Å²) in [5, 5.41) is 9.73. The van der Waals surface area contributed by atoms with Crippen molar-refractivity contribution in [2.75, 3.05) is 26.3 Å². The Labute approximate surface area is 309 Å². The Kier molecular flexibility index (Phi) is 28.6. The van der Waals surface area contributed by atoms with E-state index >= 15 is 0 Å². The molecule has 0 unspecified atom stereocenters. The molecule has 2 rings (SSSR count). The topological polar surface area (TPSA) is 41.9 Å². The molecule has 4 heteroatoms. The Hall–Kier alpha value is -2.30. The van der Waals surface area contributed by atoms with Crippen LogP contribution in [-0.2, 0) is 6.54 Å². The third-order valence-corrected chi connectivity index (χ3v) is 9.51. The van der Waals surface area contributed by atoms with Gasteiger partial charge in [0.15, 0.2) is 0 Å². The second-order valence-corrected chi connectivity index (χ2v) is 14.5. The van der Waals surface area contributed by atoms with Crippen molar-refractivity contribution in [2.24, 2.45) is 0 Å². The summed E-state index contributed by atoms with van der Waals surface area (Å²) in [6, 6.07) is 6.39. The SMILES string of the molecule is CCCCC/C=C\C/C=C\CCCCCCCCOc1cc(CN2CC(O)C2)cc(OCCCCCCCC/C=C\C/C=C\CCCCC)c1. The molecule has 0 saturated carbocycles. The molecule has 0 bridgehead atoms. The third kappa shape index (κ3) is 25.6. The minimum atomic E-state index is -0.183.